The summed E-state index contributed by atoms with van der Waals surface area (Å²) in [6.45, 7) is 2.80. The van der Waals surface area contributed by atoms with Crippen molar-refractivity contribution in [3.63, 3.8) is 0 Å². The van der Waals surface area contributed by atoms with Gasteiger partial charge >= 0.3 is 6.18 Å². The van der Waals surface area contributed by atoms with Gasteiger partial charge in [-0.2, -0.15) is 23.5 Å². The Kier molecular flexibility index (Phi) is 5.90. The highest BCUT2D eigenvalue weighted by atomic mass is 19.4. The summed E-state index contributed by atoms with van der Waals surface area (Å²) in [6.07, 6.45) is -0.786. The summed E-state index contributed by atoms with van der Waals surface area (Å²) in [5.41, 5.74) is -0.00423. The van der Waals surface area contributed by atoms with Crippen LogP contribution in [-0.2, 0) is 0 Å². The van der Waals surface area contributed by atoms with E-state index in [4.69, 9.17) is 0 Å². The summed E-state index contributed by atoms with van der Waals surface area (Å²) >= 11 is 0. The highest BCUT2D eigenvalue weighted by Crippen LogP contribution is 2.39. The number of halogens is 3. The number of carbonyl (C=O) groups is 1. The Morgan fingerprint density at radius 2 is 2.07 bits per heavy atom. The molecule has 3 rings (SSSR count). The number of benzene rings is 1. The predicted octanol–water partition coefficient (Wildman–Crippen LogP) is 4.72. The van der Waals surface area contributed by atoms with E-state index in [-0.39, 0.29) is 23.0 Å². The van der Waals surface area contributed by atoms with E-state index in [0.717, 1.165) is 6.92 Å². The van der Waals surface area contributed by atoms with Gasteiger partial charge in [-0.05, 0) is 50.8 Å². The molecule has 1 aliphatic rings. The largest absolute Gasteiger partial charge is 0.395 e. The third kappa shape index (κ3) is 4.65. The monoisotopic (exact) mass is 420 g/mol. The molecule has 9 heteroatoms. The Balaban J connectivity index is 1.80. The SMILES string of the molecule is CC(c1ccc(Nc2nn(C3CC[C@@](C)(O)CC3C#N)cc2C=O)cc1)C(F)(F)F. The molecule has 1 aliphatic carbocycles. The first-order valence-electron chi connectivity index (χ1n) is 9.64. The Morgan fingerprint density at radius 3 is 2.63 bits per heavy atom. The number of alkyl halides is 3. The van der Waals surface area contributed by atoms with Crippen LogP contribution in [0.25, 0.3) is 0 Å². The molecule has 0 saturated heterocycles. The van der Waals surface area contributed by atoms with Crippen LogP contribution in [0.1, 0.15) is 61.0 Å². The summed E-state index contributed by atoms with van der Waals surface area (Å²) in [5.74, 6) is -1.78. The van der Waals surface area contributed by atoms with Gasteiger partial charge in [-0.3, -0.25) is 9.48 Å². The standard InChI is InChI=1S/C21H23F3N4O2/c1-13(21(22,23)24)14-3-5-17(6-4-14)26-19-16(12-29)11-28(27-19)18-7-8-20(2,30)9-15(18)10-25/h3-6,11-13,15,18,30H,7-9H2,1-2H3,(H,26,27)/t13?,15?,18?,20-/m1/s1. The molecule has 30 heavy (non-hydrogen) atoms. The van der Waals surface area contributed by atoms with Crippen LogP contribution >= 0.6 is 0 Å². The van der Waals surface area contributed by atoms with Crippen LogP contribution < -0.4 is 5.32 Å². The van der Waals surface area contributed by atoms with Gasteiger partial charge in [-0.25, -0.2) is 0 Å². The quantitative estimate of drug-likeness (QED) is 0.683. The predicted molar refractivity (Wildman–Crippen MR) is 104 cm³/mol. The van der Waals surface area contributed by atoms with E-state index >= 15 is 0 Å². The number of nitrogens with zero attached hydrogens (tertiary/aromatic N) is 3. The number of aliphatic hydroxyl groups is 1. The Labute approximate surface area is 172 Å². The molecule has 6 nitrogen and oxygen atoms in total. The fourth-order valence-corrected chi connectivity index (χ4v) is 3.76. The summed E-state index contributed by atoms with van der Waals surface area (Å²) in [6, 6.07) is 7.70. The molecule has 0 radical (unpaired) electrons. The molecule has 2 aromatic rings. The van der Waals surface area contributed by atoms with Gasteiger partial charge in [0.1, 0.15) is 0 Å². The van der Waals surface area contributed by atoms with Crippen LogP contribution in [0.4, 0.5) is 24.7 Å². The maximum absolute atomic E-state index is 12.9. The number of nitrogens with one attached hydrogen (secondary N) is 1. The minimum absolute atomic E-state index is 0.139. The van der Waals surface area contributed by atoms with Crippen LogP contribution in [0, 0.1) is 17.2 Å². The molecule has 0 spiro atoms. The van der Waals surface area contributed by atoms with E-state index in [2.05, 4.69) is 16.5 Å². The van der Waals surface area contributed by atoms with Gasteiger partial charge in [0.15, 0.2) is 12.1 Å². The van der Waals surface area contributed by atoms with Crippen molar-refractivity contribution in [1.82, 2.24) is 9.78 Å². The lowest BCUT2D eigenvalue weighted by Gasteiger charge is -2.36. The number of anilines is 2. The van der Waals surface area contributed by atoms with Gasteiger partial charge in [0.05, 0.1) is 35.1 Å². The van der Waals surface area contributed by atoms with Crippen molar-refractivity contribution in [3.8, 4) is 6.07 Å². The highest BCUT2D eigenvalue weighted by molar-refractivity contribution is 5.83. The molecule has 3 unspecified atom stereocenters. The zero-order valence-corrected chi connectivity index (χ0v) is 16.6. The molecule has 4 atom stereocenters. The lowest BCUT2D eigenvalue weighted by atomic mass is 9.77. The maximum Gasteiger partial charge on any atom is 0.395 e. The first kappa shape index (κ1) is 21.8. The maximum atomic E-state index is 12.9. The number of aromatic nitrogens is 2. The number of hydrogen-bond acceptors (Lipinski definition) is 5. The van der Waals surface area contributed by atoms with Crippen molar-refractivity contribution in [2.24, 2.45) is 5.92 Å². The second kappa shape index (κ2) is 8.11. The van der Waals surface area contributed by atoms with Gasteiger partial charge in [-0.15, -0.1) is 0 Å². The molecule has 1 saturated carbocycles. The van der Waals surface area contributed by atoms with E-state index in [1.54, 1.807) is 17.8 Å². The molecule has 0 aliphatic heterocycles. The zero-order valence-electron chi connectivity index (χ0n) is 16.6. The highest BCUT2D eigenvalue weighted by Gasteiger charge is 2.38. The number of hydrogen-bond donors (Lipinski definition) is 2. The molecular formula is C21H23F3N4O2. The average Bonchev–Trinajstić information content (AvgIpc) is 3.09. The Bertz CT molecular complexity index is 945. The van der Waals surface area contributed by atoms with E-state index in [0.29, 0.717) is 31.2 Å². The van der Waals surface area contributed by atoms with Crippen molar-refractivity contribution in [3.05, 3.63) is 41.6 Å². The molecule has 1 heterocycles. The van der Waals surface area contributed by atoms with Crippen LogP contribution in [0.2, 0.25) is 0 Å². The van der Waals surface area contributed by atoms with Gasteiger partial charge in [-0.1, -0.05) is 12.1 Å². The number of aldehydes is 1. The lowest BCUT2D eigenvalue weighted by Crippen LogP contribution is -2.37. The van der Waals surface area contributed by atoms with E-state index in [1.165, 1.54) is 24.3 Å². The lowest BCUT2D eigenvalue weighted by molar-refractivity contribution is -0.146. The first-order valence-corrected chi connectivity index (χ1v) is 9.64. The second-order valence-corrected chi connectivity index (χ2v) is 8.08. The summed E-state index contributed by atoms with van der Waals surface area (Å²) in [4.78, 5) is 11.5. The second-order valence-electron chi connectivity index (χ2n) is 8.08. The Morgan fingerprint density at radius 1 is 1.40 bits per heavy atom. The number of rotatable bonds is 5. The van der Waals surface area contributed by atoms with Crippen molar-refractivity contribution >= 4 is 17.8 Å². The minimum atomic E-state index is -4.32. The topological polar surface area (TPSA) is 90.9 Å². The first-order chi connectivity index (χ1) is 14.0. The summed E-state index contributed by atoms with van der Waals surface area (Å²) in [5, 5.41) is 27.1. The van der Waals surface area contributed by atoms with Crippen molar-refractivity contribution in [2.75, 3.05) is 5.32 Å². The zero-order chi connectivity index (χ0) is 22.1. The fraction of sp³-hybridized carbons (Fsp3) is 0.476. The molecule has 160 valence electrons. The van der Waals surface area contributed by atoms with E-state index < -0.39 is 23.6 Å². The molecule has 1 fully saturated rings. The summed E-state index contributed by atoms with van der Waals surface area (Å²) < 4.78 is 40.2. The third-order valence-corrected chi connectivity index (χ3v) is 5.66. The fourth-order valence-electron chi connectivity index (χ4n) is 3.76. The smallest absolute Gasteiger partial charge is 0.390 e. The summed E-state index contributed by atoms with van der Waals surface area (Å²) in [7, 11) is 0. The minimum Gasteiger partial charge on any atom is -0.390 e. The molecule has 2 N–H and O–H groups in total. The van der Waals surface area contributed by atoms with Crippen molar-refractivity contribution < 1.29 is 23.1 Å². The average molecular weight is 420 g/mol. The molecular weight excluding hydrogens is 397 g/mol. The molecule has 1 aromatic heterocycles. The molecule has 0 bridgehead atoms. The van der Waals surface area contributed by atoms with Crippen molar-refractivity contribution in [2.45, 2.75) is 56.8 Å². The van der Waals surface area contributed by atoms with Gasteiger partial charge < -0.3 is 10.4 Å². The van der Waals surface area contributed by atoms with Crippen LogP contribution in [-0.4, -0.2) is 33.0 Å². The van der Waals surface area contributed by atoms with E-state index in [9.17, 15) is 28.3 Å². The van der Waals surface area contributed by atoms with Gasteiger partial charge in [0, 0.05) is 11.9 Å². The van der Waals surface area contributed by atoms with Gasteiger partial charge in [0.25, 0.3) is 0 Å². The van der Waals surface area contributed by atoms with Gasteiger partial charge in [0.2, 0.25) is 0 Å². The van der Waals surface area contributed by atoms with E-state index in [1.807, 2.05) is 0 Å². The number of nitriles is 1. The Hall–Kier alpha value is -2.86. The van der Waals surface area contributed by atoms with Crippen LogP contribution in [0.15, 0.2) is 30.5 Å². The van der Waals surface area contributed by atoms with Crippen LogP contribution in [0.3, 0.4) is 0 Å². The molecule has 0 amide bonds. The van der Waals surface area contributed by atoms with Crippen molar-refractivity contribution in [1.29, 1.82) is 5.26 Å². The third-order valence-electron chi connectivity index (χ3n) is 5.66. The molecule has 1 aromatic carbocycles. The number of carbonyl (C=O) groups excluding carboxylic acids is 1. The van der Waals surface area contributed by atoms with Crippen LogP contribution in [0.5, 0.6) is 0 Å². The normalized spacial score (nSPS) is 25.4.